The van der Waals surface area contributed by atoms with Crippen LogP contribution in [0.5, 0.6) is 0 Å². The van der Waals surface area contributed by atoms with E-state index in [9.17, 15) is 18.0 Å². The average Bonchev–Trinajstić information content (AvgIpc) is 3.07. The zero-order chi connectivity index (χ0) is 19.3. The molecule has 1 saturated heterocycles. The largest absolute Gasteiger partial charge is 0.444 e. The third kappa shape index (κ3) is 3.90. The molecule has 1 aromatic heterocycles. The molecule has 0 aliphatic carbocycles. The van der Waals surface area contributed by atoms with Crippen LogP contribution in [-0.2, 0) is 31.7 Å². The Labute approximate surface area is 155 Å². The molecule has 3 heterocycles. The van der Waals surface area contributed by atoms with Gasteiger partial charge in [-0.15, -0.1) is 0 Å². The third-order valence-corrected chi connectivity index (χ3v) is 5.89. The molecule has 2 aliphatic rings. The summed E-state index contributed by atoms with van der Waals surface area (Å²) in [6, 6.07) is 0. The molecule has 0 spiro atoms. The molecular formula is C15H19ClN4O5S. The van der Waals surface area contributed by atoms with Crippen LogP contribution in [0, 0.1) is 0 Å². The van der Waals surface area contributed by atoms with E-state index < -0.39 is 31.9 Å². The van der Waals surface area contributed by atoms with E-state index in [1.165, 1.54) is 16.0 Å². The Morgan fingerprint density at radius 2 is 2.04 bits per heavy atom. The number of halogens is 1. The minimum atomic E-state index is -3.84. The van der Waals surface area contributed by atoms with E-state index in [-0.39, 0.29) is 25.5 Å². The van der Waals surface area contributed by atoms with Gasteiger partial charge in [0.25, 0.3) is 0 Å². The van der Waals surface area contributed by atoms with Crippen LogP contribution in [0.15, 0.2) is 6.20 Å². The van der Waals surface area contributed by atoms with Crippen molar-refractivity contribution in [3.8, 4) is 0 Å². The fourth-order valence-corrected chi connectivity index (χ4v) is 3.81. The van der Waals surface area contributed by atoms with Crippen LogP contribution in [0.4, 0.5) is 10.7 Å². The molecule has 26 heavy (non-hydrogen) atoms. The summed E-state index contributed by atoms with van der Waals surface area (Å²) < 4.78 is 28.3. The number of amides is 2. The predicted molar refractivity (Wildman–Crippen MR) is 93.0 cm³/mol. The highest BCUT2D eigenvalue weighted by molar-refractivity contribution is 8.14. The topological polar surface area (TPSA) is 110 Å². The van der Waals surface area contributed by atoms with Crippen molar-refractivity contribution < 1.29 is 22.7 Å². The minimum absolute atomic E-state index is 0.0841. The minimum Gasteiger partial charge on any atom is -0.444 e. The van der Waals surface area contributed by atoms with Crippen molar-refractivity contribution in [2.75, 3.05) is 11.4 Å². The Morgan fingerprint density at radius 1 is 1.35 bits per heavy atom. The van der Waals surface area contributed by atoms with Crippen molar-refractivity contribution in [2.45, 2.75) is 51.1 Å². The lowest BCUT2D eigenvalue weighted by Gasteiger charge is -2.23. The first-order valence-corrected chi connectivity index (χ1v) is 10.4. The molecule has 142 valence electrons. The van der Waals surface area contributed by atoms with Gasteiger partial charge in [0.05, 0.1) is 18.8 Å². The summed E-state index contributed by atoms with van der Waals surface area (Å²) in [5, 5.41) is -0.980. The first-order chi connectivity index (χ1) is 11.9. The average molecular weight is 403 g/mol. The number of ether oxygens (including phenoxy) is 1. The summed E-state index contributed by atoms with van der Waals surface area (Å²) >= 11 is 0. The zero-order valence-electron chi connectivity index (χ0n) is 14.6. The molecular weight excluding hydrogens is 384 g/mol. The van der Waals surface area contributed by atoms with Gasteiger partial charge in [-0.05, 0) is 20.8 Å². The number of hydrogen-bond acceptors (Lipinski definition) is 7. The number of aromatic nitrogens is 2. The summed E-state index contributed by atoms with van der Waals surface area (Å²) in [6.07, 6.45) is 0.885. The normalized spacial score (nSPS) is 20.5. The maximum Gasteiger partial charge on any atom is 0.410 e. The number of anilines is 1. The molecule has 9 nitrogen and oxygen atoms in total. The van der Waals surface area contributed by atoms with Crippen LogP contribution in [0.2, 0.25) is 0 Å². The number of rotatable bonds is 2. The second kappa shape index (κ2) is 6.34. The SMILES string of the molecule is CC(C)(C)OC(=O)N1Cc2cnc(N3CC(S(=O)(=O)Cl)CC3=O)nc2C1. The molecule has 11 heteroatoms. The second-order valence-electron chi connectivity index (χ2n) is 7.28. The first kappa shape index (κ1) is 18.8. The van der Waals surface area contributed by atoms with E-state index in [0.29, 0.717) is 12.2 Å². The van der Waals surface area contributed by atoms with Crippen molar-refractivity contribution in [1.29, 1.82) is 0 Å². The van der Waals surface area contributed by atoms with E-state index in [2.05, 4.69) is 9.97 Å². The van der Waals surface area contributed by atoms with Crippen molar-refractivity contribution in [3.63, 3.8) is 0 Å². The van der Waals surface area contributed by atoms with Crippen LogP contribution in [0.25, 0.3) is 0 Å². The fourth-order valence-electron chi connectivity index (χ4n) is 2.79. The molecule has 0 aromatic carbocycles. The summed E-state index contributed by atoms with van der Waals surface area (Å²) in [4.78, 5) is 35.5. The van der Waals surface area contributed by atoms with Gasteiger partial charge in [-0.2, -0.15) is 0 Å². The lowest BCUT2D eigenvalue weighted by molar-refractivity contribution is -0.117. The smallest absolute Gasteiger partial charge is 0.410 e. The summed E-state index contributed by atoms with van der Waals surface area (Å²) in [5.41, 5.74) is 0.755. The number of nitrogens with zero attached hydrogens (tertiary/aromatic N) is 4. The Balaban J connectivity index is 1.75. The predicted octanol–water partition coefficient (Wildman–Crippen LogP) is 1.40. The van der Waals surface area contributed by atoms with Gasteiger partial charge >= 0.3 is 6.09 Å². The van der Waals surface area contributed by atoms with Gasteiger partial charge in [0.1, 0.15) is 10.9 Å². The maximum atomic E-state index is 12.2. The standard InChI is InChI=1S/C15H19ClN4O5S/c1-15(2,3)25-14(22)19-6-9-5-17-13(18-11(9)8-19)20-7-10(4-12(20)21)26(16,23)24/h5,10H,4,6-8H2,1-3H3. The number of carbonyl (C=O) groups excluding carboxylic acids is 2. The van der Waals surface area contributed by atoms with Gasteiger partial charge < -0.3 is 4.74 Å². The van der Waals surface area contributed by atoms with E-state index in [1.54, 1.807) is 20.8 Å². The van der Waals surface area contributed by atoms with Gasteiger partial charge in [0.2, 0.25) is 20.9 Å². The third-order valence-electron chi connectivity index (χ3n) is 4.02. The quantitative estimate of drug-likeness (QED) is 0.687. The van der Waals surface area contributed by atoms with Crippen LogP contribution in [0.3, 0.4) is 0 Å². The van der Waals surface area contributed by atoms with Crippen LogP contribution >= 0.6 is 10.7 Å². The van der Waals surface area contributed by atoms with Crippen molar-refractivity contribution in [1.82, 2.24) is 14.9 Å². The molecule has 0 bridgehead atoms. The van der Waals surface area contributed by atoms with Gasteiger partial charge in [0.15, 0.2) is 0 Å². The van der Waals surface area contributed by atoms with Gasteiger partial charge in [-0.3, -0.25) is 14.6 Å². The molecule has 0 radical (unpaired) electrons. The molecule has 1 atom stereocenters. The van der Waals surface area contributed by atoms with Crippen LogP contribution < -0.4 is 4.90 Å². The first-order valence-electron chi connectivity index (χ1n) is 8.00. The Bertz CT molecular complexity index is 867. The molecule has 0 saturated carbocycles. The van der Waals surface area contributed by atoms with E-state index in [1.807, 2.05) is 0 Å². The number of carbonyl (C=O) groups is 2. The Morgan fingerprint density at radius 3 is 2.62 bits per heavy atom. The number of fused-ring (bicyclic) bond motifs is 1. The lowest BCUT2D eigenvalue weighted by atomic mass is 10.2. The Kier molecular flexibility index (Phi) is 4.60. The van der Waals surface area contributed by atoms with E-state index >= 15 is 0 Å². The summed E-state index contributed by atoms with van der Waals surface area (Å²) in [5.74, 6) is -0.288. The molecule has 3 rings (SSSR count). The van der Waals surface area contributed by atoms with Gasteiger partial charge in [0, 0.05) is 35.4 Å². The molecule has 1 aromatic rings. The van der Waals surface area contributed by atoms with Crippen LogP contribution in [0.1, 0.15) is 38.4 Å². The lowest BCUT2D eigenvalue weighted by Crippen LogP contribution is -2.33. The Hall–Kier alpha value is -1.94. The maximum absolute atomic E-state index is 12.2. The van der Waals surface area contributed by atoms with Crippen LogP contribution in [-0.4, -0.2) is 52.7 Å². The molecule has 2 amide bonds. The monoisotopic (exact) mass is 402 g/mol. The highest BCUT2D eigenvalue weighted by Gasteiger charge is 2.39. The molecule has 1 fully saturated rings. The van der Waals surface area contributed by atoms with Crippen molar-refractivity contribution in [2.24, 2.45) is 0 Å². The number of hydrogen-bond donors (Lipinski definition) is 0. The summed E-state index contributed by atoms with van der Waals surface area (Å²) in [7, 11) is 1.51. The highest BCUT2D eigenvalue weighted by atomic mass is 35.7. The van der Waals surface area contributed by atoms with Gasteiger partial charge in [-0.25, -0.2) is 23.2 Å². The fraction of sp³-hybridized carbons (Fsp3) is 0.600. The summed E-state index contributed by atoms with van der Waals surface area (Å²) in [6.45, 7) is 5.82. The van der Waals surface area contributed by atoms with Crippen molar-refractivity contribution >= 4 is 37.7 Å². The molecule has 2 aliphatic heterocycles. The second-order valence-corrected chi connectivity index (χ2v) is 10.2. The molecule has 0 N–H and O–H groups in total. The molecule has 1 unspecified atom stereocenters. The van der Waals surface area contributed by atoms with Gasteiger partial charge in [-0.1, -0.05) is 0 Å². The van der Waals surface area contributed by atoms with E-state index in [0.717, 1.165) is 5.56 Å². The zero-order valence-corrected chi connectivity index (χ0v) is 16.2. The highest BCUT2D eigenvalue weighted by Crippen LogP contribution is 2.28. The van der Waals surface area contributed by atoms with E-state index in [4.69, 9.17) is 15.4 Å². The van der Waals surface area contributed by atoms with Crippen molar-refractivity contribution in [3.05, 3.63) is 17.5 Å².